The molecule has 0 spiro atoms. The molecule has 0 saturated carbocycles. The van der Waals surface area contributed by atoms with Crippen LogP contribution in [-0.4, -0.2) is 4.98 Å². The summed E-state index contributed by atoms with van der Waals surface area (Å²) >= 11 is 2.87. The number of rotatable bonds is 3. The number of benzene rings is 1. The van der Waals surface area contributed by atoms with Crippen LogP contribution in [0, 0.1) is 16.5 Å². The van der Waals surface area contributed by atoms with Gasteiger partial charge in [-0.2, -0.15) is 0 Å². The summed E-state index contributed by atoms with van der Waals surface area (Å²) in [7, 11) is 0. The Balaban J connectivity index is 2.52. The molecule has 0 amide bonds. The van der Waals surface area contributed by atoms with E-state index in [1.807, 2.05) is 0 Å². The number of nitroso groups, excluding NO2 is 1. The minimum absolute atomic E-state index is 0.00290. The minimum Gasteiger partial charge on any atom is -0.265 e. The highest BCUT2D eigenvalue weighted by Crippen LogP contribution is 2.30. The van der Waals surface area contributed by atoms with Crippen LogP contribution in [0.3, 0.4) is 0 Å². The Hall–Kier alpha value is -1.69. The van der Waals surface area contributed by atoms with Gasteiger partial charge in [-0.1, -0.05) is 5.18 Å². The van der Waals surface area contributed by atoms with Crippen molar-refractivity contribution in [2.45, 2.75) is 6.04 Å². The summed E-state index contributed by atoms with van der Waals surface area (Å²) in [4.78, 5) is 14.7. The molecule has 0 N–H and O–H groups in total. The first-order chi connectivity index (χ1) is 8.63. The van der Waals surface area contributed by atoms with Crippen molar-refractivity contribution in [2.75, 3.05) is 0 Å². The SMILES string of the molecule is O=NC(c1ccncc1)c1cc(F)c(Br)cc1F. The van der Waals surface area contributed by atoms with Gasteiger partial charge in [-0.3, -0.25) is 4.98 Å². The van der Waals surface area contributed by atoms with Gasteiger partial charge in [-0.15, -0.1) is 4.91 Å². The van der Waals surface area contributed by atoms with Gasteiger partial charge in [0.15, 0.2) is 0 Å². The maximum Gasteiger partial charge on any atom is 0.145 e. The summed E-state index contributed by atoms with van der Waals surface area (Å²) in [5, 5.41) is 2.86. The minimum atomic E-state index is -1.09. The van der Waals surface area contributed by atoms with Crippen LogP contribution < -0.4 is 0 Å². The quantitative estimate of drug-likeness (QED) is 0.635. The predicted octanol–water partition coefficient (Wildman–Crippen LogP) is 3.98. The van der Waals surface area contributed by atoms with Crippen molar-refractivity contribution >= 4 is 15.9 Å². The van der Waals surface area contributed by atoms with E-state index in [0.717, 1.165) is 12.1 Å². The normalized spacial score (nSPS) is 12.2. The summed E-state index contributed by atoms with van der Waals surface area (Å²) in [5.74, 6) is -1.33. The largest absolute Gasteiger partial charge is 0.265 e. The Morgan fingerprint density at radius 3 is 2.44 bits per heavy atom. The van der Waals surface area contributed by atoms with Crippen LogP contribution in [0.1, 0.15) is 17.2 Å². The van der Waals surface area contributed by atoms with Crippen molar-refractivity contribution in [2.24, 2.45) is 5.18 Å². The molecule has 1 aromatic heterocycles. The molecule has 1 atom stereocenters. The zero-order valence-corrected chi connectivity index (χ0v) is 10.6. The first kappa shape index (κ1) is 12.8. The van der Waals surface area contributed by atoms with Gasteiger partial charge in [0.05, 0.1) is 4.47 Å². The molecule has 0 aliphatic rings. The predicted molar refractivity (Wildman–Crippen MR) is 65.9 cm³/mol. The highest BCUT2D eigenvalue weighted by Gasteiger charge is 2.20. The molecule has 1 heterocycles. The summed E-state index contributed by atoms with van der Waals surface area (Å²) in [5.41, 5.74) is 0.359. The third kappa shape index (κ3) is 2.43. The van der Waals surface area contributed by atoms with Crippen LogP contribution in [0.2, 0.25) is 0 Å². The third-order valence-electron chi connectivity index (χ3n) is 2.46. The topological polar surface area (TPSA) is 42.3 Å². The van der Waals surface area contributed by atoms with Crippen LogP contribution in [0.4, 0.5) is 8.78 Å². The molecule has 0 saturated heterocycles. The molecule has 2 aromatic rings. The van der Waals surface area contributed by atoms with Crippen molar-refractivity contribution < 1.29 is 8.78 Å². The third-order valence-corrected chi connectivity index (χ3v) is 3.07. The Morgan fingerprint density at radius 1 is 1.17 bits per heavy atom. The lowest BCUT2D eigenvalue weighted by Gasteiger charge is -2.11. The smallest absolute Gasteiger partial charge is 0.145 e. The lowest BCUT2D eigenvalue weighted by molar-refractivity contribution is 0.572. The lowest BCUT2D eigenvalue weighted by atomic mass is 10.00. The van der Waals surface area contributed by atoms with Crippen molar-refractivity contribution in [3.8, 4) is 0 Å². The van der Waals surface area contributed by atoms with E-state index >= 15 is 0 Å². The number of hydrogen-bond donors (Lipinski definition) is 0. The summed E-state index contributed by atoms with van der Waals surface area (Å²) in [6.07, 6.45) is 2.92. The second-order valence-electron chi connectivity index (χ2n) is 3.58. The molecule has 0 radical (unpaired) electrons. The van der Waals surface area contributed by atoms with Gasteiger partial charge in [0.2, 0.25) is 0 Å². The monoisotopic (exact) mass is 312 g/mol. The number of nitrogens with zero attached hydrogens (tertiary/aromatic N) is 2. The average Bonchev–Trinajstić information content (AvgIpc) is 2.38. The molecule has 0 fully saturated rings. The molecule has 0 bridgehead atoms. The number of pyridine rings is 1. The van der Waals surface area contributed by atoms with Crippen molar-refractivity contribution in [1.82, 2.24) is 4.98 Å². The zero-order valence-electron chi connectivity index (χ0n) is 8.98. The van der Waals surface area contributed by atoms with E-state index in [2.05, 4.69) is 26.1 Å². The van der Waals surface area contributed by atoms with E-state index in [4.69, 9.17) is 0 Å². The molecule has 0 aliphatic carbocycles. The van der Waals surface area contributed by atoms with Gasteiger partial charge >= 0.3 is 0 Å². The summed E-state index contributed by atoms with van der Waals surface area (Å²) in [6, 6.07) is 3.92. The molecule has 92 valence electrons. The zero-order chi connectivity index (χ0) is 13.1. The standard InChI is InChI=1S/C12H7BrF2N2O/c13-9-6-10(14)8(5-11(9)15)12(17-18)7-1-3-16-4-2-7/h1-6,12H. The van der Waals surface area contributed by atoms with E-state index in [1.165, 1.54) is 24.5 Å². The van der Waals surface area contributed by atoms with Gasteiger partial charge in [-0.05, 0) is 45.8 Å². The number of halogens is 3. The van der Waals surface area contributed by atoms with Crippen molar-refractivity contribution in [3.05, 3.63) is 68.8 Å². The molecule has 0 aliphatic heterocycles. The number of hydrogen-bond acceptors (Lipinski definition) is 3. The Bertz CT molecular complexity index is 578. The van der Waals surface area contributed by atoms with E-state index in [-0.39, 0.29) is 10.0 Å². The van der Waals surface area contributed by atoms with Crippen LogP contribution >= 0.6 is 15.9 Å². The highest BCUT2D eigenvalue weighted by molar-refractivity contribution is 9.10. The Labute approximate surface area is 110 Å². The van der Waals surface area contributed by atoms with Crippen LogP contribution in [-0.2, 0) is 0 Å². The number of aromatic nitrogens is 1. The molecular weight excluding hydrogens is 306 g/mol. The van der Waals surface area contributed by atoms with Gasteiger partial charge in [-0.25, -0.2) is 8.78 Å². The second kappa shape index (κ2) is 5.30. The fourth-order valence-electron chi connectivity index (χ4n) is 1.59. The van der Waals surface area contributed by atoms with E-state index in [1.54, 1.807) is 0 Å². The molecule has 18 heavy (non-hydrogen) atoms. The summed E-state index contributed by atoms with van der Waals surface area (Å²) in [6.45, 7) is 0. The maximum absolute atomic E-state index is 13.7. The molecule has 2 rings (SSSR count). The maximum atomic E-state index is 13.7. The average molecular weight is 313 g/mol. The second-order valence-corrected chi connectivity index (χ2v) is 4.43. The molecular formula is C12H7BrF2N2O. The Morgan fingerprint density at radius 2 is 1.83 bits per heavy atom. The fourth-order valence-corrected chi connectivity index (χ4v) is 1.91. The molecule has 3 nitrogen and oxygen atoms in total. The first-order valence-corrected chi connectivity index (χ1v) is 5.79. The highest BCUT2D eigenvalue weighted by atomic mass is 79.9. The van der Waals surface area contributed by atoms with Crippen LogP contribution in [0.25, 0.3) is 0 Å². The van der Waals surface area contributed by atoms with Gasteiger partial charge < -0.3 is 0 Å². The molecule has 1 aromatic carbocycles. The molecule has 1 unspecified atom stereocenters. The van der Waals surface area contributed by atoms with Crippen LogP contribution in [0.15, 0.2) is 46.3 Å². The van der Waals surface area contributed by atoms with Gasteiger partial charge in [0, 0.05) is 18.0 Å². The van der Waals surface area contributed by atoms with Crippen molar-refractivity contribution in [3.63, 3.8) is 0 Å². The van der Waals surface area contributed by atoms with E-state index < -0.39 is 17.7 Å². The van der Waals surface area contributed by atoms with E-state index in [9.17, 15) is 13.7 Å². The Kier molecular flexibility index (Phi) is 3.76. The first-order valence-electron chi connectivity index (χ1n) is 5.00. The summed E-state index contributed by atoms with van der Waals surface area (Å²) < 4.78 is 27.1. The van der Waals surface area contributed by atoms with Crippen LogP contribution in [0.5, 0.6) is 0 Å². The van der Waals surface area contributed by atoms with Crippen molar-refractivity contribution in [1.29, 1.82) is 0 Å². The van der Waals surface area contributed by atoms with Gasteiger partial charge in [0.1, 0.15) is 17.7 Å². The molecule has 6 heteroatoms. The fraction of sp³-hybridized carbons (Fsp3) is 0.0833. The lowest BCUT2D eigenvalue weighted by Crippen LogP contribution is -2.02. The van der Waals surface area contributed by atoms with E-state index in [0.29, 0.717) is 5.56 Å². The van der Waals surface area contributed by atoms with Gasteiger partial charge in [0.25, 0.3) is 0 Å².